The summed E-state index contributed by atoms with van der Waals surface area (Å²) in [6.07, 6.45) is -0.724. The maximum atomic E-state index is 12.6. The molecule has 0 aromatic heterocycles. The van der Waals surface area contributed by atoms with E-state index in [9.17, 15) is 13.2 Å². The number of hydrogen-bond donors (Lipinski definition) is 2. The highest BCUT2D eigenvalue weighted by molar-refractivity contribution is 7.92. The van der Waals surface area contributed by atoms with Crippen LogP contribution in [0.2, 0.25) is 0 Å². The number of carbonyl (C=O) groups is 1. The van der Waals surface area contributed by atoms with Gasteiger partial charge in [0.1, 0.15) is 5.75 Å². The predicted molar refractivity (Wildman–Crippen MR) is 118 cm³/mol. The number of ether oxygens (including phenoxy) is 1. The molecule has 0 bridgehead atoms. The summed E-state index contributed by atoms with van der Waals surface area (Å²) in [6, 6.07) is 20.6. The molecule has 1 atom stereocenters. The Morgan fingerprint density at radius 3 is 2.27 bits per heavy atom. The summed E-state index contributed by atoms with van der Waals surface area (Å²) in [4.78, 5) is 12.7. The van der Waals surface area contributed by atoms with Gasteiger partial charge in [-0.05, 0) is 62.7 Å². The molecule has 2 N–H and O–H groups in total. The molecule has 3 rings (SSSR count). The Balaban J connectivity index is 1.71. The monoisotopic (exact) mass is 424 g/mol. The van der Waals surface area contributed by atoms with Gasteiger partial charge in [0.05, 0.1) is 10.6 Å². The van der Waals surface area contributed by atoms with Gasteiger partial charge in [0.25, 0.3) is 15.9 Å². The Labute approximate surface area is 177 Å². The van der Waals surface area contributed by atoms with E-state index in [1.54, 1.807) is 50.2 Å². The van der Waals surface area contributed by atoms with Crippen LogP contribution in [0, 0.1) is 13.8 Å². The lowest BCUT2D eigenvalue weighted by Crippen LogP contribution is -2.30. The van der Waals surface area contributed by atoms with Crippen LogP contribution in [-0.2, 0) is 14.8 Å². The lowest BCUT2D eigenvalue weighted by Gasteiger charge is -2.16. The molecule has 0 saturated heterocycles. The molecule has 7 heteroatoms. The standard InChI is InChI=1S/C23H24N2O4S/c1-16-9-13-20(14-10-16)29-18(3)23(26)24-19-12-11-17(2)22(15-19)25-30(27,28)21-7-5-4-6-8-21/h4-15,18,25H,1-3H3,(H,24,26). The number of benzene rings is 3. The van der Waals surface area contributed by atoms with Crippen LogP contribution in [0.1, 0.15) is 18.1 Å². The average molecular weight is 425 g/mol. The van der Waals surface area contributed by atoms with Crippen molar-refractivity contribution in [2.24, 2.45) is 0 Å². The SMILES string of the molecule is Cc1ccc(OC(C)C(=O)Nc2ccc(C)c(NS(=O)(=O)c3ccccc3)c2)cc1. The molecule has 30 heavy (non-hydrogen) atoms. The van der Waals surface area contributed by atoms with Gasteiger partial charge >= 0.3 is 0 Å². The van der Waals surface area contributed by atoms with Gasteiger partial charge in [-0.25, -0.2) is 8.42 Å². The van der Waals surface area contributed by atoms with Gasteiger partial charge in [0.15, 0.2) is 6.10 Å². The summed E-state index contributed by atoms with van der Waals surface area (Å²) < 4.78 is 33.5. The van der Waals surface area contributed by atoms with Crippen LogP contribution in [0.5, 0.6) is 5.75 Å². The molecule has 0 radical (unpaired) electrons. The van der Waals surface area contributed by atoms with Crippen molar-refractivity contribution in [1.82, 2.24) is 0 Å². The molecule has 1 amide bonds. The topological polar surface area (TPSA) is 84.5 Å². The molecule has 0 spiro atoms. The highest BCUT2D eigenvalue weighted by atomic mass is 32.2. The first-order valence-electron chi connectivity index (χ1n) is 9.47. The summed E-state index contributed by atoms with van der Waals surface area (Å²) >= 11 is 0. The lowest BCUT2D eigenvalue weighted by atomic mass is 10.2. The zero-order chi connectivity index (χ0) is 21.7. The number of nitrogens with one attached hydrogen (secondary N) is 2. The van der Waals surface area contributed by atoms with E-state index < -0.39 is 16.1 Å². The first-order valence-corrected chi connectivity index (χ1v) is 11.0. The molecule has 0 heterocycles. The largest absolute Gasteiger partial charge is 0.481 e. The van der Waals surface area contributed by atoms with E-state index in [-0.39, 0.29) is 10.8 Å². The average Bonchev–Trinajstić information content (AvgIpc) is 2.72. The van der Waals surface area contributed by atoms with Crippen molar-refractivity contribution < 1.29 is 17.9 Å². The number of carbonyl (C=O) groups excluding carboxylic acids is 1. The van der Waals surface area contributed by atoms with E-state index in [0.717, 1.165) is 11.1 Å². The van der Waals surface area contributed by atoms with Crippen LogP contribution < -0.4 is 14.8 Å². The van der Waals surface area contributed by atoms with Gasteiger partial charge in [0, 0.05) is 5.69 Å². The molecule has 156 valence electrons. The quantitative estimate of drug-likeness (QED) is 0.584. The second kappa shape index (κ2) is 9.00. The van der Waals surface area contributed by atoms with Crippen molar-refractivity contribution in [2.45, 2.75) is 31.8 Å². The number of rotatable bonds is 7. The van der Waals surface area contributed by atoms with Crippen LogP contribution in [0.25, 0.3) is 0 Å². The van der Waals surface area contributed by atoms with Crippen molar-refractivity contribution >= 4 is 27.3 Å². The molecular formula is C23H24N2O4S. The molecule has 0 aliphatic carbocycles. The van der Waals surface area contributed by atoms with Gasteiger partial charge in [-0.3, -0.25) is 9.52 Å². The summed E-state index contributed by atoms with van der Waals surface area (Å²) in [6.45, 7) is 5.42. The molecule has 3 aromatic rings. The predicted octanol–water partition coefficient (Wildman–Crippen LogP) is 4.51. The first-order chi connectivity index (χ1) is 14.2. The van der Waals surface area contributed by atoms with Crippen molar-refractivity contribution in [3.63, 3.8) is 0 Å². The third kappa shape index (κ3) is 5.39. The number of amides is 1. The zero-order valence-corrected chi connectivity index (χ0v) is 17.9. The highest BCUT2D eigenvalue weighted by Crippen LogP contribution is 2.24. The minimum Gasteiger partial charge on any atom is -0.481 e. The van der Waals surface area contributed by atoms with E-state index in [4.69, 9.17) is 4.74 Å². The van der Waals surface area contributed by atoms with E-state index in [1.807, 2.05) is 31.2 Å². The number of aryl methyl sites for hydroxylation is 2. The Morgan fingerprint density at radius 1 is 0.933 bits per heavy atom. The van der Waals surface area contributed by atoms with Crippen LogP contribution in [0.15, 0.2) is 77.7 Å². The van der Waals surface area contributed by atoms with Crippen LogP contribution in [0.4, 0.5) is 11.4 Å². The van der Waals surface area contributed by atoms with Gasteiger partial charge in [-0.1, -0.05) is 42.0 Å². The van der Waals surface area contributed by atoms with Crippen molar-refractivity contribution in [3.8, 4) is 5.75 Å². The van der Waals surface area contributed by atoms with Crippen LogP contribution >= 0.6 is 0 Å². The molecule has 6 nitrogen and oxygen atoms in total. The molecule has 1 unspecified atom stereocenters. The summed E-state index contributed by atoms with van der Waals surface area (Å²) in [7, 11) is -3.73. The fourth-order valence-corrected chi connectivity index (χ4v) is 3.87. The second-order valence-electron chi connectivity index (χ2n) is 7.01. The van der Waals surface area contributed by atoms with Crippen LogP contribution in [-0.4, -0.2) is 20.4 Å². The van der Waals surface area contributed by atoms with Crippen molar-refractivity contribution in [1.29, 1.82) is 0 Å². The second-order valence-corrected chi connectivity index (χ2v) is 8.69. The molecule has 0 aliphatic rings. The first kappa shape index (κ1) is 21.4. The molecule has 0 fully saturated rings. The molecule has 0 aliphatic heterocycles. The van der Waals surface area contributed by atoms with Crippen molar-refractivity contribution in [3.05, 3.63) is 83.9 Å². The fourth-order valence-electron chi connectivity index (χ4n) is 2.73. The van der Waals surface area contributed by atoms with E-state index >= 15 is 0 Å². The number of hydrogen-bond acceptors (Lipinski definition) is 4. The maximum Gasteiger partial charge on any atom is 0.265 e. The smallest absolute Gasteiger partial charge is 0.265 e. The van der Waals surface area contributed by atoms with Gasteiger partial charge in [-0.2, -0.15) is 0 Å². The van der Waals surface area contributed by atoms with E-state index in [0.29, 0.717) is 17.1 Å². The minimum atomic E-state index is -3.73. The molecule has 3 aromatic carbocycles. The van der Waals surface area contributed by atoms with Crippen LogP contribution in [0.3, 0.4) is 0 Å². The van der Waals surface area contributed by atoms with Gasteiger partial charge < -0.3 is 10.1 Å². The van der Waals surface area contributed by atoms with E-state index in [2.05, 4.69) is 10.0 Å². The van der Waals surface area contributed by atoms with Gasteiger partial charge in [0.2, 0.25) is 0 Å². The Hall–Kier alpha value is -3.32. The number of anilines is 2. The third-order valence-electron chi connectivity index (χ3n) is 4.51. The Morgan fingerprint density at radius 2 is 1.60 bits per heavy atom. The minimum absolute atomic E-state index is 0.166. The molecular weight excluding hydrogens is 400 g/mol. The summed E-state index contributed by atoms with van der Waals surface area (Å²) in [5.74, 6) is 0.264. The maximum absolute atomic E-state index is 12.6. The normalized spacial score (nSPS) is 12.1. The Kier molecular flexibility index (Phi) is 6.42. The third-order valence-corrected chi connectivity index (χ3v) is 5.89. The van der Waals surface area contributed by atoms with E-state index in [1.165, 1.54) is 12.1 Å². The highest BCUT2D eigenvalue weighted by Gasteiger charge is 2.17. The molecule has 0 saturated carbocycles. The fraction of sp³-hybridized carbons (Fsp3) is 0.174. The van der Waals surface area contributed by atoms with Gasteiger partial charge in [-0.15, -0.1) is 0 Å². The number of sulfonamides is 1. The summed E-state index contributed by atoms with van der Waals surface area (Å²) in [5, 5.41) is 2.77. The summed E-state index contributed by atoms with van der Waals surface area (Å²) in [5.41, 5.74) is 2.69. The van der Waals surface area contributed by atoms with Crippen molar-refractivity contribution in [2.75, 3.05) is 10.0 Å². The Bertz CT molecular complexity index is 1130. The zero-order valence-electron chi connectivity index (χ0n) is 17.0. The lowest BCUT2D eigenvalue weighted by molar-refractivity contribution is -0.122.